The van der Waals surface area contributed by atoms with Crippen LogP contribution in [0.25, 0.3) is 0 Å². The first kappa shape index (κ1) is 10.8. The number of aromatic nitrogens is 2. The largest absolute Gasteiger partial charge is 0.366 e. The van der Waals surface area contributed by atoms with Crippen molar-refractivity contribution in [2.75, 3.05) is 5.32 Å². The Hall–Kier alpha value is -0.990. The molecule has 0 amide bonds. The van der Waals surface area contributed by atoms with Crippen molar-refractivity contribution < 1.29 is 0 Å². The molecule has 102 valence electrons. The number of rotatable bonds is 3. The van der Waals surface area contributed by atoms with Gasteiger partial charge in [0.2, 0.25) is 0 Å². The molecule has 0 saturated heterocycles. The second-order valence-corrected chi connectivity index (χ2v) is 7.78. The summed E-state index contributed by atoms with van der Waals surface area (Å²) in [4.78, 5) is 0. The molecule has 1 heterocycles. The fourth-order valence-electron chi connectivity index (χ4n) is 5.54. The standard InChI is InChI=1S/C16H23N3/c1-2-13(1)17-15-6-14(18-19-15)16-7-10-3-11(8-16)5-12(4-10)9-16/h6,10-13H,1-5,7-9H2,(H2,17,18,19). The summed E-state index contributed by atoms with van der Waals surface area (Å²) in [5, 5.41) is 11.4. The van der Waals surface area contributed by atoms with E-state index < -0.39 is 0 Å². The van der Waals surface area contributed by atoms with Crippen LogP contribution in [0.3, 0.4) is 0 Å². The first-order valence-electron chi connectivity index (χ1n) is 8.11. The molecule has 1 aromatic rings. The molecule has 5 aliphatic carbocycles. The molecule has 1 aromatic heterocycles. The Labute approximate surface area is 114 Å². The minimum absolute atomic E-state index is 0.464. The topological polar surface area (TPSA) is 40.7 Å². The van der Waals surface area contributed by atoms with Gasteiger partial charge in [-0.25, -0.2) is 0 Å². The Morgan fingerprint density at radius 2 is 1.68 bits per heavy atom. The maximum absolute atomic E-state index is 4.52. The normalized spacial score (nSPS) is 43.7. The van der Waals surface area contributed by atoms with Crippen molar-refractivity contribution in [2.45, 2.75) is 62.8 Å². The van der Waals surface area contributed by atoms with Gasteiger partial charge in [-0.3, -0.25) is 5.10 Å². The fourth-order valence-corrected chi connectivity index (χ4v) is 5.54. The van der Waals surface area contributed by atoms with Gasteiger partial charge in [0.1, 0.15) is 5.82 Å². The summed E-state index contributed by atoms with van der Waals surface area (Å²) in [6.45, 7) is 0. The molecule has 5 fully saturated rings. The van der Waals surface area contributed by atoms with Crippen LogP contribution in [-0.4, -0.2) is 16.2 Å². The van der Waals surface area contributed by atoms with E-state index in [4.69, 9.17) is 0 Å². The fraction of sp³-hybridized carbons (Fsp3) is 0.812. The van der Waals surface area contributed by atoms with Gasteiger partial charge in [-0.1, -0.05) is 0 Å². The Morgan fingerprint density at radius 1 is 1.05 bits per heavy atom. The lowest BCUT2D eigenvalue weighted by Gasteiger charge is -2.56. The van der Waals surface area contributed by atoms with Crippen LogP contribution in [-0.2, 0) is 5.41 Å². The van der Waals surface area contributed by atoms with Gasteiger partial charge in [0.25, 0.3) is 0 Å². The van der Waals surface area contributed by atoms with E-state index in [2.05, 4.69) is 21.6 Å². The van der Waals surface area contributed by atoms with Gasteiger partial charge in [0, 0.05) is 23.2 Å². The van der Waals surface area contributed by atoms with Crippen molar-refractivity contribution in [1.29, 1.82) is 0 Å². The second kappa shape index (κ2) is 3.56. The van der Waals surface area contributed by atoms with E-state index in [1.165, 1.54) is 57.1 Å². The van der Waals surface area contributed by atoms with Crippen molar-refractivity contribution in [3.05, 3.63) is 11.8 Å². The van der Waals surface area contributed by atoms with E-state index in [0.717, 1.165) is 23.6 Å². The molecule has 3 heteroatoms. The highest BCUT2D eigenvalue weighted by Crippen LogP contribution is 2.60. The van der Waals surface area contributed by atoms with Gasteiger partial charge in [0.15, 0.2) is 0 Å². The Bertz CT molecular complexity index is 465. The lowest BCUT2D eigenvalue weighted by molar-refractivity contribution is -0.00721. The first-order chi connectivity index (χ1) is 9.29. The molecule has 0 unspecified atom stereocenters. The van der Waals surface area contributed by atoms with E-state index in [-0.39, 0.29) is 0 Å². The van der Waals surface area contributed by atoms with Crippen LogP contribution in [0.1, 0.15) is 57.1 Å². The van der Waals surface area contributed by atoms with Crippen LogP contribution in [0, 0.1) is 17.8 Å². The third-order valence-electron chi connectivity index (χ3n) is 6.12. The van der Waals surface area contributed by atoms with Crippen LogP contribution in [0.2, 0.25) is 0 Å². The highest BCUT2D eigenvalue weighted by atomic mass is 15.2. The zero-order valence-electron chi connectivity index (χ0n) is 11.5. The summed E-state index contributed by atoms with van der Waals surface area (Å²) in [5.41, 5.74) is 1.90. The summed E-state index contributed by atoms with van der Waals surface area (Å²) < 4.78 is 0. The van der Waals surface area contributed by atoms with Crippen molar-refractivity contribution in [2.24, 2.45) is 17.8 Å². The van der Waals surface area contributed by atoms with Crippen molar-refractivity contribution in [1.82, 2.24) is 10.2 Å². The minimum Gasteiger partial charge on any atom is -0.366 e. The maximum Gasteiger partial charge on any atom is 0.148 e. The summed E-state index contributed by atoms with van der Waals surface area (Å²) >= 11 is 0. The molecule has 2 N–H and O–H groups in total. The quantitative estimate of drug-likeness (QED) is 0.870. The Morgan fingerprint density at radius 3 is 2.26 bits per heavy atom. The number of nitrogens with one attached hydrogen (secondary N) is 2. The molecule has 0 aliphatic heterocycles. The minimum atomic E-state index is 0.464. The smallest absolute Gasteiger partial charge is 0.148 e. The van der Waals surface area contributed by atoms with Gasteiger partial charge in [-0.15, -0.1) is 0 Å². The van der Waals surface area contributed by atoms with Crippen molar-refractivity contribution in [3.8, 4) is 0 Å². The van der Waals surface area contributed by atoms with Crippen molar-refractivity contribution in [3.63, 3.8) is 0 Å². The van der Waals surface area contributed by atoms with Crippen LogP contribution in [0.5, 0.6) is 0 Å². The summed E-state index contributed by atoms with van der Waals surface area (Å²) in [6.07, 6.45) is 11.4. The molecular weight excluding hydrogens is 234 g/mol. The second-order valence-electron chi connectivity index (χ2n) is 7.78. The predicted molar refractivity (Wildman–Crippen MR) is 75.1 cm³/mol. The maximum atomic E-state index is 4.52. The third kappa shape index (κ3) is 1.66. The average Bonchev–Trinajstić information content (AvgIpc) is 3.02. The molecule has 19 heavy (non-hydrogen) atoms. The SMILES string of the molecule is c1c(NC2CC2)n[nH]c1C12CC3CC(CC(C3)C1)C2. The van der Waals surface area contributed by atoms with Gasteiger partial charge < -0.3 is 5.32 Å². The van der Waals surface area contributed by atoms with Gasteiger partial charge >= 0.3 is 0 Å². The third-order valence-corrected chi connectivity index (χ3v) is 6.12. The molecule has 0 radical (unpaired) electrons. The van der Waals surface area contributed by atoms with Gasteiger partial charge in [-0.05, 0) is 69.1 Å². The molecule has 4 bridgehead atoms. The van der Waals surface area contributed by atoms with Crippen LogP contribution < -0.4 is 5.32 Å². The van der Waals surface area contributed by atoms with Gasteiger partial charge in [0.05, 0.1) is 0 Å². The predicted octanol–water partition coefficient (Wildman–Crippen LogP) is 3.45. The summed E-state index contributed by atoms with van der Waals surface area (Å²) in [7, 11) is 0. The number of hydrogen-bond acceptors (Lipinski definition) is 2. The summed E-state index contributed by atoms with van der Waals surface area (Å²) in [5.74, 6) is 4.12. The highest BCUT2D eigenvalue weighted by molar-refractivity contribution is 5.41. The van der Waals surface area contributed by atoms with Crippen LogP contribution in [0.4, 0.5) is 5.82 Å². The Kier molecular flexibility index (Phi) is 2.01. The van der Waals surface area contributed by atoms with E-state index in [1.54, 1.807) is 0 Å². The van der Waals surface area contributed by atoms with E-state index in [0.29, 0.717) is 11.5 Å². The van der Waals surface area contributed by atoms with E-state index in [9.17, 15) is 0 Å². The first-order valence-corrected chi connectivity index (χ1v) is 8.11. The number of hydrogen-bond donors (Lipinski definition) is 2. The highest BCUT2D eigenvalue weighted by Gasteiger charge is 2.52. The average molecular weight is 257 g/mol. The van der Waals surface area contributed by atoms with Gasteiger partial charge in [-0.2, -0.15) is 5.10 Å². The number of aromatic amines is 1. The number of nitrogens with zero attached hydrogens (tertiary/aromatic N) is 1. The van der Waals surface area contributed by atoms with E-state index >= 15 is 0 Å². The molecule has 0 atom stereocenters. The lowest BCUT2D eigenvalue weighted by Crippen LogP contribution is -2.48. The molecular formula is C16H23N3. The molecule has 5 aliphatic rings. The zero-order chi connectivity index (χ0) is 12.4. The number of H-pyrrole nitrogens is 1. The van der Waals surface area contributed by atoms with E-state index in [1.807, 2.05) is 0 Å². The van der Waals surface area contributed by atoms with Crippen LogP contribution >= 0.6 is 0 Å². The number of anilines is 1. The monoisotopic (exact) mass is 257 g/mol. The molecule has 6 rings (SSSR count). The van der Waals surface area contributed by atoms with Crippen LogP contribution in [0.15, 0.2) is 6.07 Å². The zero-order valence-corrected chi connectivity index (χ0v) is 11.5. The molecule has 5 saturated carbocycles. The summed E-state index contributed by atoms with van der Waals surface area (Å²) in [6, 6.07) is 3.03. The molecule has 0 aromatic carbocycles. The van der Waals surface area contributed by atoms with Crippen molar-refractivity contribution >= 4 is 5.82 Å². The Balaban J connectivity index is 1.46. The lowest BCUT2D eigenvalue weighted by atomic mass is 9.49. The molecule has 3 nitrogen and oxygen atoms in total. The molecule has 0 spiro atoms.